The van der Waals surface area contributed by atoms with Gasteiger partial charge in [0.05, 0.1) is 12.4 Å². The maximum atomic E-state index is 10.8. The number of rotatable bonds is 2. The molecule has 2 aliphatic heterocycles. The van der Waals surface area contributed by atoms with Crippen LogP contribution in [0.3, 0.4) is 0 Å². The number of aromatic carboxylic acids is 1. The number of anilines is 1. The van der Waals surface area contributed by atoms with Crippen LogP contribution >= 0.6 is 0 Å². The number of piperidine rings is 1. The number of carboxylic acid groups (broad SMARTS) is 1. The van der Waals surface area contributed by atoms with Crippen LogP contribution in [0.1, 0.15) is 29.8 Å². The van der Waals surface area contributed by atoms with E-state index in [-0.39, 0.29) is 5.69 Å². The summed E-state index contributed by atoms with van der Waals surface area (Å²) in [4.78, 5) is 23.7. The van der Waals surface area contributed by atoms with E-state index in [9.17, 15) is 4.79 Å². The lowest BCUT2D eigenvalue weighted by Crippen LogP contribution is -2.55. The first-order valence-corrected chi connectivity index (χ1v) is 6.78. The van der Waals surface area contributed by atoms with Gasteiger partial charge >= 0.3 is 5.97 Å². The van der Waals surface area contributed by atoms with Crippen LogP contribution in [0.5, 0.6) is 0 Å². The molecule has 0 aliphatic carbocycles. The van der Waals surface area contributed by atoms with E-state index in [4.69, 9.17) is 5.11 Å². The van der Waals surface area contributed by atoms with Crippen molar-refractivity contribution < 1.29 is 9.90 Å². The zero-order valence-corrected chi connectivity index (χ0v) is 10.8. The molecule has 6 heteroatoms. The Morgan fingerprint density at radius 2 is 2.11 bits per heavy atom. The molecule has 1 aromatic rings. The first kappa shape index (κ1) is 12.3. The molecular weight excluding hydrogens is 244 g/mol. The SMILES string of the molecule is O=C(O)c1cnc(N2CCN3CCCCC3C2)cn1. The van der Waals surface area contributed by atoms with Gasteiger partial charge < -0.3 is 10.0 Å². The number of hydrogen-bond acceptors (Lipinski definition) is 5. The van der Waals surface area contributed by atoms with E-state index >= 15 is 0 Å². The van der Waals surface area contributed by atoms with Gasteiger partial charge in [-0.15, -0.1) is 0 Å². The van der Waals surface area contributed by atoms with Crippen molar-refractivity contribution in [1.82, 2.24) is 14.9 Å². The molecule has 0 amide bonds. The standard InChI is InChI=1S/C13H18N4O2/c18-13(19)11-7-15-12(8-14-11)17-6-5-16-4-2-1-3-10(16)9-17/h7-8,10H,1-6,9H2,(H,18,19). The Morgan fingerprint density at radius 3 is 2.84 bits per heavy atom. The molecule has 0 saturated carbocycles. The number of piperazine rings is 1. The molecule has 1 aromatic heterocycles. The van der Waals surface area contributed by atoms with E-state index in [0.717, 1.165) is 25.5 Å². The van der Waals surface area contributed by atoms with E-state index in [1.54, 1.807) is 6.20 Å². The largest absolute Gasteiger partial charge is 0.476 e. The van der Waals surface area contributed by atoms with Gasteiger partial charge in [-0.05, 0) is 19.4 Å². The van der Waals surface area contributed by atoms with Gasteiger partial charge in [-0.25, -0.2) is 14.8 Å². The smallest absolute Gasteiger partial charge is 0.356 e. The van der Waals surface area contributed by atoms with Crippen LogP contribution in [0.4, 0.5) is 5.82 Å². The molecule has 3 rings (SSSR count). The molecule has 19 heavy (non-hydrogen) atoms. The fourth-order valence-electron chi connectivity index (χ4n) is 2.96. The molecule has 1 unspecified atom stereocenters. The average Bonchev–Trinajstić information content (AvgIpc) is 2.47. The molecule has 6 nitrogen and oxygen atoms in total. The van der Waals surface area contributed by atoms with Crippen LogP contribution in [0, 0.1) is 0 Å². The van der Waals surface area contributed by atoms with E-state index < -0.39 is 5.97 Å². The van der Waals surface area contributed by atoms with Crippen molar-refractivity contribution in [2.45, 2.75) is 25.3 Å². The topological polar surface area (TPSA) is 69.6 Å². The summed E-state index contributed by atoms with van der Waals surface area (Å²) < 4.78 is 0. The predicted molar refractivity (Wildman–Crippen MR) is 70.4 cm³/mol. The maximum Gasteiger partial charge on any atom is 0.356 e. The Balaban J connectivity index is 1.70. The van der Waals surface area contributed by atoms with Crippen LogP contribution in [0.2, 0.25) is 0 Å². The summed E-state index contributed by atoms with van der Waals surface area (Å²) in [6.07, 6.45) is 6.77. The highest BCUT2D eigenvalue weighted by atomic mass is 16.4. The Kier molecular flexibility index (Phi) is 3.33. The number of fused-ring (bicyclic) bond motifs is 1. The summed E-state index contributed by atoms with van der Waals surface area (Å²) in [6.45, 7) is 4.19. The Hall–Kier alpha value is -1.69. The fraction of sp³-hybridized carbons (Fsp3) is 0.615. The van der Waals surface area contributed by atoms with Crippen molar-refractivity contribution in [3.05, 3.63) is 18.1 Å². The van der Waals surface area contributed by atoms with Gasteiger partial charge in [0.25, 0.3) is 0 Å². The number of carbonyl (C=O) groups is 1. The molecule has 0 spiro atoms. The summed E-state index contributed by atoms with van der Waals surface area (Å²) in [5, 5.41) is 8.82. The van der Waals surface area contributed by atoms with Gasteiger partial charge in [0.1, 0.15) is 5.82 Å². The first-order valence-electron chi connectivity index (χ1n) is 6.78. The molecule has 2 fully saturated rings. The molecule has 1 N–H and O–H groups in total. The van der Waals surface area contributed by atoms with Gasteiger partial charge in [0.15, 0.2) is 5.69 Å². The first-order chi connectivity index (χ1) is 9.24. The lowest BCUT2D eigenvalue weighted by Gasteiger charge is -2.44. The Morgan fingerprint density at radius 1 is 1.21 bits per heavy atom. The minimum Gasteiger partial charge on any atom is -0.476 e. The Bertz CT molecular complexity index is 462. The average molecular weight is 262 g/mol. The second kappa shape index (κ2) is 5.13. The number of aromatic nitrogens is 2. The summed E-state index contributed by atoms with van der Waals surface area (Å²) >= 11 is 0. The van der Waals surface area contributed by atoms with Gasteiger partial charge in [-0.3, -0.25) is 4.90 Å². The molecule has 0 aromatic carbocycles. The van der Waals surface area contributed by atoms with Gasteiger partial charge in [0.2, 0.25) is 0 Å². The number of nitrogens with zero attached hydrogens (tertiary/aromatic N) is 4. The molecule has 0 radical (unpaired) electrons. The minimum absolute atomic E-state index is 0.0000485. The highest BCUT2D eigenvalue weighted by molar-refractivity contribution is 5.84. The van der Waals surface area contributed by atoms with E-state index in [1.165, 1.54) is 32.0 Å². The normalized spacial score (nSPS) is 24.0. The second-order valence-corrected chi connectivity index (χ2v) is 5.20. The van der Waals surface area contributed by atoms with Crippen molar-refractivity contribution in [2.75, 3.05) is 31.1 Å². The van der Waals surface area contributed by atoms with Crippen molar-refractivity contribution >= 4 is 11.8 Å². The highest BCUT2D eigenvalue weighted by Gasteiger charge is 2.29. The number of hydrogen-bond donors (Lipinski definition) is 1. The fourth-order valence-corrected chi connectivity index (χ4v) is 2.96. The van der Waals surface area contributed by atoms with Crippen LogP contribution < -0.4 is 4.90 Å². The molecule has 1 atom stereocenters. The van der Waals surface area contributed by atoms with Crippen molar-refractivity contribution in [3.8, 4) is 0 Å². The van der Waals surface area contributed by atoms with Crippen molar-refractivity contribution in [1.29, 1.82) is 0 Å². The molecule has 3 heterocycles. The van der Waals surface area contributed by atoms with Crippen LogP contribution in [-0.2, 0) is 0 Å². The van der Waals surface area contributed by atoms with Crippen molar-refractivity contribution in [2.24, 2.45) is 0 Å². The monoisotopic (exact) mass is 262 g/mol. The lowest BCUT2D eigenvalue weighted by molar-refractivity contribution is 0.0690. The molecular formula is C13H18N4O2. The summed E-state index contributed by atoms with van der Waals surface area (Å²) in [5.41, 5.74) is 0.0000485. The van der Waals surface area contributed by atoms with Crippen molar-refractivity contribution in [3.63, 3.8) is 0 Å². The Labute approximate surface area is 112 Å². The zero-order valence-electron chi connectivity index (χ0n) is 10.8. The van der Waals surface area contributed by atoms with Gasteiger partial charge in [0, 0.05) is 25.7 Å². The summed E-state index contributed by atoms with van der Waals surface area (Å²) in [5.74, 6) is -0.244. The van der Waals surface area contributed by atoms with Crippen LogP contribution in [0.25, 0.3) is 0 Å². The van der Waals surface area contributed by atoms with Crippen LogP contribution in [-0.4, -0.2) is 58.2 Å². The molecule has 0 bridgehead atoms. The van der Waals surface area contributed by atoms with E-state index in [2.05, 4.69) is 19.8 Å². The lowest BCUT2D eigenvalue weighted by atomic mass is 9.99. The quantitative estimate of drug-likeness (QED) is 0.852. The number of carboxylic acids is 1. The third-order valence-corrected chi connectivity index (χ3v) is 4.02. The third-order valence-electron chi connectivity index (χ3n) is 4.02. The minimum atomic E-state index is -1.03. The second-order valence-electron chi connectivity index (χ2n) is 5.20. The van der Waals surface area contributed by atoms with E-state index in [1.807, 2.05) is 0 Å². The highest BCUT2D eigenvalue weighted by Crippen LogP contribution is 2.23. The van der Waals surface area contributed by atoms with E-state index in [0.29, 0.717) is 6.04 Å². The summed E-state index contributed by atoms with van der Waals surface area (Å²) in [7, 11) is 0. The maximum absolute atomic E-state index is 10.8. The molecule has 2 saturated heterocycles. The van der Waals surface area contributed by atoms with Crippen LogP contribution in [0.15, 0.2) is 12.4 Å². The summed E-state index contributed by atoms with van der Waals surface area (Å²) in [6, 6.07) is 0.614. The van der Waals surface area contributed by atoms with Gasteiger partial charge in [-0.1, -0.05) is 6.42 Å². The predicted octanol–water partition coefficient (Wildman–Crippen LogP) is 0.849. The van der Waals surface area contributed by atoms with Gasteiger partial charge in [-0.2, -0.15) is 0 Å². The molecule has 2 aliphatic rings. The third kappa shape index (κ3) is 2.53. The zero-order chi connectivity index (χ0) is 13.2. The molecule has 102 valence electrons.